The molecule has 0 unspecified atom stereocenters. The summed E-state index contributed by atoms with van der Waals surface area (Å²) in [5, 5.41) is 2.62. The second-order valence-electron chi connectivity index (χ2n) is 7.95. The van der Waals surface area contributed by atoms with Gasteiger partial charge in [0.2, 0.25) is 0 Å². The highest BCUT2D eigenvalue weighted by Gasteiger charge is 2.21. The van der Waals surface area contributed by atoms with E-state index in [0.29, 0.717) is 29.1 Å². The maximum Gasteiger partial charge on any atom is 0.339 e. The van der Waals surface area contributed by atoms with Gasteiger partial charge in [0, 0.05) is 35.6 Å². The Bertz CT molecular complexity index is 1100. The zero-order valence-electron chi connectivity index (χ0n) is 17.8. The third kappa shape index (κ3) is 4.91. The minimum Gasteiger partial charge on any atom is -0.461 e. The van der Waals surface area contributed by atoms with Crippen molar-refractivity contribution in [2.75, 3.05) is 26.2 Å². The molecule has 8 heteroatoms. The zero-order valence-corrected chi connectivity index (χ0v) is 18.6. The van der Waals surface area contributed by atoms with Gasteiger partial charge in [0.05, 0.1) is 16.8 Å². The summed E-state index contributed by atoms with van der Waals surface area (Å²) < 4.78 is 5.56. The SMILES string of the molecule is CC(C)c1[nH]c(=O)c(-c2csc(-c3ccncc3)n2)cc1C(=O)OCCN1CCCC1. The van der Waals surface area contributed by atoms with Gasteiger partial charge in [-0.05, 0) is 50.0 Å². The van der Waals surface area contributed by atoms with Crippen molar-refractivity contribution < 1.29 is 9.53 Å². The van der Waals surface area contributed by atoms with Gasteiger partial charge in [-0.1, -0.05) is 13.8 Å². The summed E-state index contributed by atoms with van der Waals surface area (Å²) >= 11 is 1.45. The number of carbonyl (C=O) groups is 1. The quantitative estimate of drug-likeness (QED) is 0.562. The van der Waals surface area contributed by atoms with Crippen LogP contribution in [0.5, 0.6) is 0 Å². The molecular weight excluding hydrogens is 412 g/mol. The molecule has 1 fully saturated rings. The van der Waals surface area contributed by atoms with E-state index in [1.54, 1.807) is 18.5 Å². The number of aromatic nitrogens is 3. The van der Waals surface area contributed by atoms with Crippen LogP contribution in [0.25, 0.3) is 21.8 Å². The lowest BCUT2D eigenvalue weighted by molar-refractivity contribution is 0.0470. The van der Waals surface area contributed by atoms with Crippen molar-refractivity contribution in [3.63, 3.8) is 0 Å². The predicted octanol–water partition coefficient (Wildman–Crippen LogP) is 3.94. The molecular formula is C23H26N4O3S. The summed E-state index contributed by atoms with van der Waals surface area (Å²) in [5.41, 5.74) is 2.56. The van der Waals surface area contributed by atoms with Gasteiger partial charge in [0.1, 0.15) is 11.6 Å². The molecule has 0 atom stereocenters. The monoisotopic (exact) mass is 438 g/mol. The van der Waals surface area contributed by atoms with Crippen LogP contribution in [0.1, 0.15) is 48.7 Å². The minimum absolute atomic E-state index is 0.0225. The molecule has 0 saturated carbocycles. The van der Waals surface area contributed by atoms with Crippen molar-refractivity contribution in [3.05, 3.63) is 57.6 Å². The molecule has 0 bridgehead atoms. The fraction of sp³-hybridized carbons (Fsp3) is 0.391. The van der Waals surface area contributed by atoms with Crippen LogP contribution in [0.4, 0.5) is 0 Å². The van der Waals surface area contributed by atoms with Crippen molar-refractivity contribution in [2.45, 2.75) is 32.6 Å². The van der Waals surface area contributed by atoms with Crippen molar-refractivity contribution in [2.24, 2.45) is 0 Å². The molecule has 0 radical (unpaired) electrons. The smallest absolute Gasteiger partial charge is 0.339 e. The Balaban J connectivity index is 1.60. The lowest BCUT2D eigenvalue weighted by Crippen LogP contribution is -2.26. The number of nitrogens with one attached hydrogen (secondary N) is 1. The van der Waals surface area contributed by atoms with Gasteiger partial charge in [-0.25, -0.2) is 9.78 Å². The summed E-state index contributed by atoms with van der Waals surface area (Å²) in [6.07, 6.45) is 5.81. The number of carbonyl (C=O) groups excluding carboxylic acids is 1. The molecule has 162 valence electrons. The first-order valence-electron chi connectivity index (χ1n) is 10.6. The second-order valence-corrected chi connectivity index (χ2v) is 8.81. The standard InChI is InChI=1S/C23H26N4O3S/c1-15(2)20-18(23(29)30-12-11-27-9-3-4-10-27)13-17(21(28)26-20)19-14-31-22(25-19)16-5-7-24-8-6-16/h5-8,13-15H,3-4,9-12H2,1-2H3,(H,26,28). The summed E-state index contributed by atoms with van der Waals surface area (Å²) in [6, 6.07) is 5.37. The van der Waals surface area contributed by atoms with E-state index in [1.165, 1.54) is 24.2 Å². The Morgan fingerprint density at radius 3 is 2.71 bits per heavy atom. The summed E-state index contributed by atoms with van der Waals surface area (Å²) in [7, 11) is 0. The van der Waals surface area contributed by atoms with Crippen LogP contribution in [0.2, 0.25) is 0 Å². The number of hydrogen-bond acceptors (Lipinski definition) is 7. The Morgan fingerprint density at radius 2 is 2.00 bits per heavy atom. The summed E-state index contributed by atoms with van der Waals surface area (Å²) in [6.45, 7) is 7.07. The Labute approximate surface area is 185 Å². The van der Waals surface area contributed by atoms with E-state index in [-0.39, 0.29) is 11.5 Å². The fourth-order valence-corrected chi connectivity index (χ4v) is 4.56. The van der Waals surface area contributed by atoms with Crippen LogP contribution in [-0.4, -0.2) is 52.1 Å². The highest BCUT2D eigenvalue weighted by Crippen LogP contribution is 2.28. The Morgan fingerprint density at radius 1 is 1.26 bits per heavy atom. The number of H-pyrrole nitrogens is 1. The molecule has 3 aromatic rings. The van der Waals surface area contributed by atoms with Gasteiger partial charge in [0.15, 0.2) is 0 Å². The maximum atomic E-state index is 12.9. The minimum atomic E-state index is -0.412. The number of esters is 1. The fourth-order valence-electron chi connectivity index (χ4n) is 3.74. The third-order valence-electron chi connectivity index (χ3n) is 5.42. The normalized spacial score (nSPS) is 14.3. The first kappa shape index (κ1) is 21.4. The third-order valence-corrected chi connectivity index (χ3v) is 6.31. The molecule has 4 rings (SSSR count). The van der Waals surface area contributed by atoms with Crippen LogP contribution < -0.4 is 5.56 Å². The van der Waals surface area contributed by atoms with Gasteiger partial charge in [-0.15, -0.1) is 11.3 Å². The number of thiazole rings is 1. The number of ether oxygens (including phenoxy) is 1. The average Bonchev–Trinajstić information content (AvgIpc) is 3.46. The Kier molecular flexibility index (Phi) is 6.58. The van der Waals surface area contributed by atoms with Gasteiger partial charge >= 0.3 is 5.97 Å². The van der Waals surface area contributed by atoms with E-state index in [2.05, 4.69) is 19.9 Å². The molecule has 1 aliphatic rings. The average molecular weight is 439 g/mol. The van der Waals surface area contributed by atoms with Crippen LogP contribution >= 0.6 is 11.3 Å². The molecule has 1 N–H and O–H groups in total. The van der Waals surface area contributed by atoms with E-state index in [1.807, 2.05) is 31.4 Å². The molecule has 31 heavy (non-hydrogen) atoms. The number of nitrogens with zero attached hydrogens (tertiary/aromatic N) is 3. The topological polar surface area (TPSA) is 88.2 Å². The molecule has 4 heterocycles. The first-order valence-corrected chi connectivity index (χ1v) is 11.4. The van der Waals surface area contributed by atoms with Crippen LogP contribution in [0.15, 0.2) is 40.8 Å². The van der Waals surface area contributed by atoms with Crippen LogP contribution in [0.3, 0.4) is 0 Å². The predicted molar refractivity (Wildman–Crippen MR) is 121 cm³/mol. The highest BCUT2D eigenvalue weighted by molar-refractivity contribution is 7.13. The van der Waals surface area contributed by atoms with E-state index in [0.717, 1.165) is 30.2 Å². The first-order chi connectivity index (χ1) is 15.0. The largest absolute Gasteiger partial charge is 0.461 e. The lowest BCUT2D eigenvalue weighted by atomic mass is 10.0. The molecule has 0 aliphatic carbocycles. The van der Waals surface area contributed by atoms with E-state index in [4.69, 9.17) is 4.74 Å². The summed E-state index contributed by atoms with van der Waals surface area (Å²) in [4.78, 5) is 39.5. The van der Waals surface area contributed by atoms with Crippen molar-refractivity contribution in [3.8, 4) is 21.8 Å². The molecule has 0 spiro atoms. The second kappa shape index (κ2) is 9.53. The number of likely N-dealkylation sites (tertiary alicyclic amines) is 1. The maximum absolute atomic E-state index is 12.9. The van der Waals surface area contributed by atoms with Crippen LogP contribution in [0, 0.1) is 0 Å². The Hall–Kier alpha value is -2.84. The molecule has 7 nitrogen and oxygen atoms in total. The van der Waals surface area contributed by atoms with Crippen LogP contribution in [-0.2, 0) is 4.74 Å². The highest BCUT2D eigenvalue weighted by atomic mass is 32.1. The van der Waals surface area contributed by atoms with Crippen molar-refractivity contribution in [1.29, 1.82) is 0 Å². The number of aromatic amines is 1. The molecule has 0 aromatic carbocycles. The van der Waals surface area contributed by atoms with E-state index < -0.39 is 5.97 Å². The summed E-state index contributed by atoms with van der Waals surface area (Å²) in [5.74, 6) is -0.435. The number of pyridine rings is 2. The number of hydrogen-bond donors (Lipinski definition) is 1. The molecule has 3 aromatic heterocycles. The number of rotatable bonds is 7. The molecule has 1 saturated heterocycles. The van der Waals surface area contributed by atoms with E-state index in [9.17, 15) is 9.59 Å². The van der Waals surface area contributed by atoms with E-state index >= 15 is 0 Å². The van der Waals surface area contributed by atoms with Gasteiger partial charge in [0.25, 0.3) is 5.56 Å². The molecule has 0 amide bonds. The van der Waals surface area contributed by atoms with Gasteiger partial charge in [-0.3, -0.25) is 14.7 Å². The van der Waals surface area contributed by atoms with Gasteiger partial charge in [-0.2, -0.15) is 0 Å². The zero-order chi connectivity index (χ0) is 21.8. The van der Waals surface area contributed by atoms with Crippen molar-refractivity contribution >= 4 is 17.3 Å². The molecule has 1 aliphatic heterocycles. The van der Waals surface area contributed by atoms with Gasteiger partial charge < -0.3 is 9.72 Å². The van der Waals surface area contributed by atoms with Crippen molar-refractivity contribution in [1.82, 2.24) is 19.9 Å². The lowest BCUT2D eigenvalue weighted by Gasteiger charge is -2.16.